The first-order chi connectivity index (χ1) is 8.08. The molecule has 1 aliphatic heterocycles. The van der Waals surface area contributed by atoms with Crippen molar-refractivity contribution in [2.45, 2.75) is 19.4 Å². The highest BCUT2D eigenvalue weighted by atomic mass is 32.1. The van der Waals surface area contributed by atoms with Crippen LogP contribution in [0, 0.1) is 11.7 Å². The second-order valence-electron chi connectivity index (χ2n) is 4.37. The van der Waals surface area contributed by atoms with Gasteiger partial charge in [0.2, 0.25) is 5.91 Å². The molecule has 0 aliphatic carbocycles. The average Bonchev–Trinajstić information content (AvgIpc) is 2.87. The lowest BCUT2D eigenvalue weighted by molar-refractivity contribution is -0.119. The van der Waals surface area contributed by atoms with Gasteiger partial charge in [-0.05, 0) is 19.1 Å². The van der Waals surface area contributed by atoms with Gasteiger partial charge in [-0.15, -0.1) is 0 Å². The molecule has 1 amide bonds. The summed E-state index contributed by atoms with van der Waals surface area (Å²) >= 11 is 5.33. The van der Waals surface area contributed by atoms with Crippen LogP contribution in [-0.4, -0.2) is 31.8 Å². The molecule has 2 aromatic rings. The van der Waals surface area contributed by atoms with Crippen molar-refractivity contribution in [1.29, 1.82) is 0 Å². The van der Waals surface area contributed by atoms with Crippen LogP contribution in [0.25, 0.3) is 11.2 Å². The van der Waals surface area contributed by atoms with E-state index in [2.05, 4.69) is 15.4 Å². The Morgan fingerprint density at radius 2 is 2.29 bits per heavy atom. The van der Waals surface area contributed by atoms with Gasteiger partial charge in [0.05, 0.1) is 11.7 Å². The number of imidazole rings is 1. The summed E-state index contributed by atoms with van der Waals surface area (Å²) in [5.74, 6) is 0.0742. The topological polar surface area (TPSA) is 67.6 Å². The molecule has 7 heteroatoms. The van der Waals surface area contributed by atoms with Crippen LogP contribution in [0.2, 0.25) is 0 Å². The monoisotopic (exact) mass is 251 g/mol. The van der Waals surface area contributed by atoms with Crippen molar-refractivity contribution >= 4 is 29.3 Å². The summed E-state index contributed by atoms with van der Waals surface area (Å²) in [7, 11) is 1.89. The second kappa shape index (κ2) is 3.43. The van der Waals surface area contributed by atoms with Gasteiger partial charge in [-0.1, -0.05) is 0 Å². The normalized spacial score (nSPS) is 20.1. The van der Waals surface area contributed by atoms with E-state index in [1.807, 2.05) is 18.5 Å². The van der Waals surface area contributed by atoms with Gasteiger partial charge in [0.15, 0.2) is 10.4 Å². The minimum absolute atomic E-state index is 0.0742. The van der Waals surface area contributed by atoms with Gasteiger partial charge < -0.3 is 10.3 Å². The quantitative estimate of drug-likeness (QED) is 0.737. The smallest absolute Gasteiger partial charge is 0.222 e. The maximum absolute atomic E-state index is 11.3. The Hall–Kier alpha value is -1.63. The van der Waals surface area contributed by atoms with E-state index in [9.17, 15) is 4.79 Å². The van der Waals surface area contributed by atoms with Gasteiger partial charge in [-0.25, -0.2) is 0 Å². The van der Waals surface area contributed by atoms with E-state index in [0.717, 1.165) is 16.9 Å². The summed E-state index contributed by atoms with van der Waals surface area (Å²) in [6, 6.07) is 0.0820. The van der Waals surface area contributed by atoms with Crippen LogP contribution in [0.3, 0.4) is 0 Å². The predicted octanol–water partition coefficient (Wildman–Crippen LogP) is 0.802. The van der Waals surface area contributed by atoms with Crippen LogP contribution >= 0.6 is 12.2 Å². The number of nitrogens with zero attached hydrogens (tertiary/aromatic N) is 3. The number of aromatic nitrogens is 4. The molecule has 0 radical (unpaired) electrons. The zero-order chi connectivity index (χ0) is 12.2. The van der Waals surface area contributed by atoms with E-state index in [1.54, 1.807) is 4.68 Å². The first-order valence-corrected chi connectivity index (χ1v) is 5.89. The Balaban J connectivity index is 2.25. The Morgan fingerprint density at radius 1 is 1.53 bits per heavy atom. The number of carbonyl (C=O) groups is 1. The van der Waals surface area contributed by atoms with Gasteiger partial charge in [-0.3, -0.25) is 14.0 Å². The predicted molar refractivity (Wildman–Crippen MR) is 65.3 cm³/mol. The Morgan fingerprint density at radius 3 is 2.94 bits per heavy atom. The van der Waals surface area contributed by atoms with E-state index in [0.29, 0.717) is 17.7 Å². The van der Waals surface area contributed by atoms with Crippen molar-refractivity contribution in [3.8, 4) is 0 Å². The number of aryl methyl sites for hydroxylation is 2. The summed E-state index contributed by atoms with van der Waals surface area (Å²) in [5, 5.41) is 7.18. The van der Waals surface area contributed by atoms with Gasteiger partial charge in [0.1, 0.15) is 5.52 Å². The molecule has 6 nitrogen and oxygen atoms in total. The number of amides is 1. The fourth-order valence-corrected chi connectivity index (χ4v) is 2.78. The summed E-state index contributed by atoms with van der Waals surface area (Å²) in [5.41, 5.74) is 2.83. The minimum Gasteiger partial charge on any atom is -0.354 e. The van der Waals surface area contributed by atoms with Crippen molar-refractivity contribution in [2.75, 3.05) is 6.54 Å². The zero-order valence-corrected chi connectivity index (χ0v) is 10.5. The molecule has 1 saturated heterocycles. The van der Waals surface area contributed by atoms with E-state index in [-0.39, 0.29) is 11.9 Å². The summed E-state index contributed by atoms with van der Waals surface area (Å²) in [6.07, 6.45) is 0.478. The molecule has 2 aromatic heterocycles. The van der Waals surface area contributed by atoms with Crippen LogP contribution in [0.4, 0.5) is 0 Å². The summed E-state index contributed by atoms with van der Waals surface area (Å²) in [4.78, 5) is 14.5. The second-order valence-corrected chi connectivity index (χ2v) is 4.76. The lowest BCUT2D eigenvalue weighted by atomic mass is 10.2. The molecule has 0 bridgehead atoms. The molecule has 1 fully saturated rings. The average molecular weight is 251 g/mol. The molecule has 3 rings (SSSR count). The molecular formula is C10H13N5OS. The number of rotatable bonds is 1. The van der Waals surface area contributed by atoms with Gasteiger partial charge >= 0.3 is 0 Å². The third-order valence-electron chi connectivity index (χ3n) is 3.19. The van der Waals surface area contributed by atoms with Crippen molar-refractivity contribution in [3.63, 3.8) is 0 Å². The molecule has 0 aromatic carbocycles. The van der Waals surface area contributed by atoms with Crippen molar-refractivity contribution < 1.29 is 4.79 Å². The van der Waals surface area contributed by atoms with Crippen molar-refractivity contribution in [2.24, 2.45) is 7.05 Å². The van der Waals surface area contributed by atoms with Crippen LogP contribution in [0.15, 0.2) is 0 Å². The SMILES string of the molecule is Cc1nn(C)c2c1[nH]c(=S)n2C1CNC(=O)C1. The maximum atomic E-state index is 11.3. The lowest BCUT2D eigenvalue weighted by Crippen LogP contribution is -2.16. The number of hydrogen-bond acceptors (Lipinski definition) is 3. The fourth-order valence-electron chi connectivity index (χ4n) is 2.44. The van der Waals surface area contributed by atoms with E-state index < -0.39 is 0 Å². The minimum atomic E-state index is 0.0742. The summed E-state index contributed by atoms with van der Waals surface area (Å²) < 4.78 is 4.44. The molecular weight excluding hydrogens is 238 g/mol. The highest BCUT2D eigenvalue weighted by molar-refractivity contribution is 7.71. The number of carbonyl (C=O) groups excluding carboxylic acids is 1. The Kier molecular flexibility index (Phi) is 2.12. The van der Waals surface area contributed by atoms with Crippen LogP contribution in [-0.2, 0) is 11.8 Å². The lowest BCUT2D eigenvalue weighted by Gasteiger charge is -2.10. The van der Waals surface area contributed by atoms with E-state index >= 15 is 0 Å². The molecule has 3 heterocycles. The Labute approximate surface area is 103 Å². The highest BCUT2D eigenvalue weighted by Gasteiger charge is 2.26. The van der Waals surface area contributed by atoms with E-state index in [4.69, 9.17) is 12.2 Å². The van der Waals surface area contributed by atoms with Crippen LogP contribution in [0.5, 0.6) is 0 Å². The van der Waals surface area contributed by atoms with Gasteiger partial charge in [0.25, 0.3) is 0 Å². The molecule has 2 N–H and O–H groups in total. The van der Waals surface area contributed by atoms with Crippen molar-refractivity contribution in [1.82, 2.24) is 24.6 Å². The van der Waals surface area contributed by atoms with Crippen LogP contribution in [0.1, 0.15) is 18.2 Å². The highest BCUT2D eigenvalue weighted by Crippen LogP contribution is 2.24. The third-order valence-corrected chi connectivity index (χ3v) is 3.49. The first-order valence-electron chi connectivity index (χ1n) is 5.48. The number of aromatic amines is 1. The number of hydrogen-bond donors (Lipinski definition) is 2. The molecule has 1 aliphatic rings. The van der Waals surface area contributed by atoms with E-state index in [1.165, 1.54) is 0 Å². The zero-order valence-electron chi connectivity index (χ0n) is 9.65. The summed E-state index contributed by atoms with van der Waals surface area (Å²) in [6.45, 7) is 2.57. The molecule has 90 valence electrons. The number of H-pyrrole nitrogens is 1. The standard InChI is InChI=1S/C10H13N5OS/c1-5-8-9(14(2)13-5)15(10(17)12-8)6-3-7(16)11-4-6/h6H,3-4H2,1-2H3,(H,11,16)(H,12,17). The van der Waals surface area contributed by atoms with Crippen molar-refractivity contribution in [3.05, 3.63) is 10.5 Å². The Bertz CT molecular complexity index is 664. The molecule has 1 atom stereocenters. The molecule has 1 unspecified atom stereocenters. The van der Waals surface area contributed by atoms with Gasteiger partial charge in [0, 0.05) is 20.0 Å². The largest absolute Gasteiger partial charge is 0.354 e. The molecule has 17 heavy (non-hydrogen) atoms. The fraction of sp³-hybridized carbons (Fsp3) is 0.500. The maximum Gasteiger partial charge on any atom is 0.222 e. The van der Waals surface area contributed by atoms with Gasteiger partial charge in [-0.2, -0.15) is 5.10 Å². The molecule has 0 spiro atoms. The first kappa shape index (κ1) is 10.5. The number of nitrogens with one attached hydrogen (secondary N) is 2. The molecule has 0 saturated carbocycles. The third kappa shape index (κ3) is 1.42. The van der Waals surface area contributed by atoms with Crippen LogP contribution < -0.4 is 5.32 Å². The number of fused-ring (bicyclic) bond motifs is 1.